The molecular weight excluding hydrogens is 380 g/mol. The van der Waals surface area contributed by atoms with Gasteiger partial charge in [-0.15, -0.1) is 0 Å². The summed E-state index contributed by atoms with van der Waals surface area (Å²) in [5.74, 6) is -0.613. The molecule has 2 amide bonds. The SMILES string of the molecule is O=C(/C=C/c1cnn(-c2ccccc2)c1)NNC(=O)COc1ccccc1Cl. The molecule has 28 heavy (non-hydrogen) atoms. The fourth-order valence-corrected chi connectivity index (χ4v) is 2.42. The van der Waals surface area contributed by atoms with Crippen LogP contribution in [0.1, 0.15) is 5.56 Å². The molecule has 0 radical (unpaired) electrons. The van der Waals surface area contributed by atoms with Gasteiger partial charge in [0, 0.05) is 17.8 Å². The van der Waals surface area contributed by atoms with Crippen molar-refractivity contribution in [1.82, 2.24) is 20.6 Å². The molecule has 8 heteroatoms. The molecule has 3 rings (SSSR count). The van der Waals surface area contributed by atoms with Crippen LogP contribution in [0.15, 0.2) is 73.1 Å². The molecule has 1 aromatic heterocycles. The van der Waals surface area contributed by atoms with Gasteiger partial charge in [0.2, 0.25) is 0 Å². The van der Waals surface area contributed by atoms with Gasteiger partial charge in [-0.3, -0.25) is 20.4 Å². The van der Waals surface area contributed by atoms with Crippen LogP contribution in [0, 0.1) is 0 Å². The normalized spacial score (nSPS) is 10.6. The van der Waals surface area contributed by atoms with E-state index in [2.05, 4.69) is 16.0 Å². The molecule has 0 unspecified atom stereocenters. The number of rotatable bonds is 6. The van der Waals surface area contributed by atoms with Crippen molar-refractivity contribution >= 4 is 29.5 Å². The molecular formula is C20H17ClN4O3. The Labute approximate surface area is 166 Å². The van der Waals surface area contributed by atoms with E-state index in [4.69, 9.17) is 16.3 Å². The lowest BCUT2D eigenvalue weighted by atomic mass is 10.3. The summed E-state index contributed by atoms with van der Waals surface area (Å²) in [4.78, 5) is 23.6. The summed E-state index contributed by atoms with van der Waals surface area (Å²) in [6.07, 6.45) is 6.30. The molecule has 0 atom stereocenters. The topological polar surface area (TPSA) is 85.3 Å². The summed E-state index contributed by atoms with van der Waals surface area (Å²) in [7, 11) is 0. The van der Waals surface area contributed by atoms with Crippen molar-refractivity contribution < 1.29 is 14.3 Å². The summed E-state index contributed by atoms with van der Waals surface area (Å²) in [6.45, 7) is -0.280. The summed E-state index contributed by atoms with van der Waals surface area (Å²) < 4.78 is 6.98. The Hall–Kier alpha value is -3.58. The number of hydrogen-bond acceptors (Lipinski definition) is 4. The van der Waals surface area contributed by atoms with Crippen LogP contribution >= 0.6 is 11.6 Å². The second kappa shape index (κ2) is 9.38. The Kier molecular flexibility index (Phi) is 6.43. The van der Waals surface area contributed by atoms with E-state index < -0.39 is 11.8 Å². The third kappa shape index (κ3) is 5.46. The van der Waals surface area contributed by atoms with Gasteiger partial charge in [0.15, 0.2) is 6.61 Å². The minimum atomic E-state index is -0.515. The Morgan fingerprint density at radius 3 is 2.61 bits per heavy atom. The van der Waals surface area contributed by atoms with E-state index in [0.29, 0.717) is 10.8 Å². The molecule has 0 aliphatic rings. The number of nitrogens with zero attached hydrogens (tertiary/aromatic N) is 2. The van der Waals surface area contributed by atoms with E-state index in [-0.39, 0.29) is 6.61 Å². The maximum atomic E-state index is 11.8. The second-order valence-corrected chi connectivity index (χ2v) is 6.05. The number of nitrogens with one attached hydrogen (secondary N) is 2. The molecule has 1 heterocycles. The summed E-state index contributed by atoms with van der Waals surface area (Å²) in [5, 5.41) is 4.64. The number of ether oxygens (including phenoxy) is 1. The first-order valence-electron chi connectivity index (χ1n) is 8.36. The maximum Gasteiger partial charge on any atom is 0.276 e. The van der Waals surface area contributed by atoms with E-state index in [0.717, 1.165) is 11.3 Å². The van der Waals surface area contributed by atoms with E-state index in [9.17, 15) is 9.59 Å². The van der Waals surface area contributed by atoms with Gasteiger partial charge in [-0.2, -0.15) is 5.10 Å². The molecule has 142 valence electrons. The maximum absolute atomic E-state index is 11.8. The van der Waals surface area contributed by atoms with E-state index in [1.54, 1.807) is 47.4 Å². The van der Waals surface area contributed by atoms with Crippen LogP contribution < -0.4 is 15.6 Å². The molecule has 0 saturated heterocycles. The van der Waals surface area contributed by atoms with Gasteiger partial charge in [0.25, 0.3) is 11.8 Å². The standard InChI is InChI=1S/C20H17ClN4O3/c21-17-8-4-5-9-18(17)28-14-20(27)24-23-19(26)11-10-15-12-22-25(13-15)16-6-2-1-3-7-16/h1-13H,14H2,(H,23,26)(H,24,27)/b11-10+. The van der Waals surface area contributed by atoms with Gasteiger partial charge in [0.05, 0.1) is 16.9 Å². The smallest absolute Gasteiger partial charge is 0.276 e. The van der Waals surface area contributed by atoms with Crippen LogP contribution in [0.3, 0.4) is 0 Å². The molecule has 2 aromatic carbocycles. The number of para-hydroxylation sites is 2. The Morgan fingerprint density at radius 2 is 1.82 bits per heavy atom. The average molecular weight is 397 g/mol. The first kappa shape index (κ1) is 19.2. The Balaban J connectivity index is 1.44. The second-order valence-electron chi connectivity index (χ2n) is 5.64. The highest BCUT2D eigenvalue weighted by Gasteiger charge is 2.06. The lowest BCUT2D eigenvalue weighted by Crippen LogP contribution is -2.43. The van der Waals surface area contributed by atoms with Crippen LogP contribution in [0.25, 0.3) is 11.8 Å². The number of aromatic nitrogens is 2. The minimum Gasteiger partial charge on any atom is -0.482 e. The van der Waals surface area contributed by atoms with Crippen molar-refractivity contribution in [3.63, 3.8) is 0 Å². The Bertz CT molecular complexity index is 986. The fourth-order valence-electron chi connectivity index (χ4n) is 2.23. The molecule has 0 aliphatic heterocycles. The largest absolute Gasteiger partial charge is 0.482 e. The van der Waals surface area contributed by atoms with Gasteiger partial charge in [0.1, 0.15) is 5.75 Å². The predicted molar refractivity (Wildman–Crippen MR) is 106 cm³/mol. The lowest BCUT2D eigenvalue weighted by Gasteiger charge is -2.08. The average Bonchev–Trinajstić information content (AvgIpc) is 3.20. The number of hydrogen-bond donors (Lipinski definition) is 2. The van der Waals surface area contributed by atoms with Gasteiger partial charge >= 0.3 is 0 Å². The van der Waals surface area contributed by atoms with Crippen molar-refractivity contribution in [2.75, 3.05) is 6.61 Å². The number of hydrazine groups is 1. The third-order valence-corrected chi connectivity index (χ3v) is 3.88. The highest BCUT2D eigenvalue weighted by Crippen LogP contribution is 2.22. The van der Waals surface area contributed by atoms with Gasteiger partial charge in [-0.05, 0) is 30.3 Å². The fraction of sp³-hybridized carbons (Fsp3) is 0.0500. The molecule has 2 N–H and O–H groups in total. The molecule has 0 aliphatic carbocycles. The first-order valence-corrected chi connectivity index (χ1v) is 8.74. The van der Waals surface area contributed by atoms with Crippen molar-refractivity contribution in [3.8, 4) is 11.4 Å². The van der Waals surface area contributed by atoms with Crippen LogP contribution in [0.4, 0.5) is 0 Å². The zero-order valence-corrected chi connectivity index (χ0v) is 15.5. The zero-order chi connectivity index (χ0) is 19.8. The van der Waals surface area contributed by atoms with Gasteiger partial charge < -0.3 is 4.74 Å². The van der Waals surface area contributed by atoms with E-state index in [1.807, 2.05) is 30.3 Å². The highest BCUT2D eigenvalue weighted by molar-refractivity contribution is 6.32. The Morgan fingerprint density at radius 1 is 1.07 bits per heavy atom. The molecule has 0 fully saturated rings. The number of amides is 2. The molecule has 7 nitrogen and oxygen atoms in total. The van der Waals surface area contributed by atoms with Crippen LogP contribution in [0.5, 0.6) is 5.75 Å². The van der Waals surface area contributed by atoms with E-state index in [1.165, 1.54) is 6.08 Å². The van der Waals surface area contributed by atoms with Crippen molar-refractivity contribution in [2.45, 2.75) is 0 Å². The zero-order valence-electron chi connectivity index (χ0n) is 14.7. The summed E-state index contributed by atoms with van der Waals surface area (Å²) in [6, 6.07) is 16.4. The van der Waals surface area contributed by atoms with Crippen LogP contribution in [-0.2, 0) is 9.59 Å². The van der Waals surface area contributed by atoms with Gasteiger partial charge in [-0.1, -0.05) is 41.9 Å². The lowest BCUT2D eigenvalue weighted by molar-refractivity contribution is -0.128. The number of carbonyl (C=O) groups is 2. The van der Waals surface area contributed by atoms with Gasteiger partial charge in [-0.25, -0.2) is 4.68 Å². The summed E-state index contributed by atoms with van der Waals surface area (Å²) >= 11 is 5.93. The summed E-state index contributed by atoms with van der Waals surface area (Å²) in [5.41, 5.74) is 6.19. The molecule has 3 aromatic rings. The molecule has 0 spiro atoms. The first-order chi connectivity index (χ1) is 13.6. The quantitative estimate of drug-likeness (QED) is 0.495. The number of halogens is 1. The minimum absolute atomic E-state index is 0.280. The van der Waals surface area contributed by atoms with Crippen LogP contribution in [-0.4, -0.2) is 28.2 Å². The third-order valence-electron chi connectivity index (χ3n) is 3.57. The van der Waals surface area contributed by atoms with Crippen LogP contribution in [0.2, 0.25) is 5.02 Å². The monoisotopic (exact) mass is 396 g/mol. The van der Waals surface area contributed by atoms with Crippen molar-refractivity contribution in [3.05, 3.63) is 83.7 Å². The predicted octanol–water partition coefficient (Wildman–Crippen LogP) is 2.77. The number of carbonyl (C=O) groups excluding carboxylic acids is 2. The van der Waals surface area contributed by atoms with E-state index >= 15 is 0 Å². The molecule has 0 saturated carbocycles. The molecule has 0 bridgehead atoms. The van der Waals surface area contributed by atoms with Crippen molar-refractivity contribution in [1.29, 1.82) is 0 Å². The highest BCUT2D eigenvalue weighted by atomic mass is 35.5. The number of benzene rings is 2. The van der Waals surface area contributed by atoms with Crippen molar-refractivity contribution in [2.24, 2.45) is 0 Å².